The van der Waals surface area contributed by atoms with Gasteiger partial charge in [0.05, 0.1) is 19.8 Å². The van der Waals surface area contributed by atoms with Crippen molar-refractivity contribution < 1.29 is 9.84 Å². The van der Waals surface area contributed by atoms with Crippen molar-refractivity contribution in [2.45, 2.75) is 19.8 Å². The van der Waals surface area contributed by atoms with Crippen LogP contribution in [-0.2, 0) is 4.74 Å². The van der Waals surface area contributed by atoms with E-state index in [4.69, 9.17) is 9.84 Å². The molecule has 0 atom stereocenters. The van der Waals surface area contributed by atoms with Crippen LogP contribution in [0.5, 0.6) is 0 Å². The number of hydrogen-bond donors (Lipinski definition) is 1. The van der Waals surface area contributed by atoms with E-state index in [9.17, 15) is 0 Å². The molecule has 2 heteroatoms. The van der Waals surface area contributed by atoms with Gasteiger partial charge in [-0.2, -0.15) is 0 Å². The number of aliphatic hydroxyl groups is 1. The number of rotatable bonds is 7. The lowest BCUT2D eigenvalue weighted by atomic mass is 10.3. The Bertz CT molecular complexity index is 128. The second kappa shape index (κ2) is 10.4. The van der Waals surface area contributed by atoms with Gasteiger partial charge in [-0.25, -0.2) is 0 Å². The first-order valence-corrected chi connectivity index (χ1v) is 4.40. The molecule has 0 heterocycles. The molecule has 0 aromatic rings. The fraction of sp³-hybridized carbons (Fsp3) is 0.600. The minimum absolute atomic E-state index is 0.0923. The highest BCUT2D eigenvalue weighted by Gasteiger charge is 1.78. The topological polar surface area (TPSA) is 29.5 Å². The van der Waals surface area contributed by atoms with Crippen LogP contribution in [0.15, 0.2) is 24.3 Å². The first-order valence-electron chi connectivity index (χ1n) is 4.40. The summed E-state index contributed by atoms with van der Waals surface area (Å²) in [5.74, 6) is 0. The molecule has 0 spiro atoms. The number of aliphatic hydroxyl groups excluding tert-OH is 1. The van der Waals surface area contributed by atoms with Gasteiger partial charge in [0.25, 0.3) is 0 Å². The first kappa shape index (κ1) is 11.4. The van der Waals surface area contributed by atoms with Crippen LogP contribution < -0.4 is 0 Å². The van der Waals surface area contributed by atoms with E-state index in [2.05, 4.69) is 13.0 Å². The SMILES string of the molecule is CCC/C=C\COC/C=C\CO. The van der Waals surface area contributed by atoms with Gasteiger partial charge >= 0.3 is 0 Å². The predicted octanol–water partition coefficient (Wildman–Crippen LogP) is 1.91. The molecule has 0 aliphatic rings. The van der Waals surface area contributed by atoms with Crippen LogP contribution in [0, 0.1) is 0 Å². The Hall–Kier alpha value is -0.600. The fourth-order valence-electron chi connectivity index (χ4n) is 0.699. The molecule has 0 aliphatic carbocycles. The van der Waals surface area contributed by atoms with Crippen molar-refractivity contribution >= 4 is 0 Å². The van der Waals surface area contributed by atoms with E-state index in [-0.39, 0.29) is 6.61 Å². The van der Waals surface area contributed by atoms with Crippen LogP contribution in [0.2, 0.25) is 0 Å². The maximum absolute atomic E-state index is 8.38. The van der Waals surface area contributed by atoms with Crippen LogP contribution in [0.3, 0.4) is 0 Å². The molecule has 0 saturated heterocycles. The van der Waals surface area contributed by atoms with Gasteiger partial charge in [0.15, 0.2) is 0 Å². The number of allylic oxidation sites excluding steroid dienone is 1. The molecule has 0 aromatic heterocycles. The maximum atomic E-state index is 8.38. The monoisotopic (exact) mass is 170 g/mol. The van der Waals surface area contributed by atoms with Crippen molar-refractivity contribution in [2.75, 3.05) is 19.8 Å². The van der Waals surface area contributed by atoms with E-state index in [1.807, 2.05) is 12.2 Å². The zero-order valence-electron chi connectivity index (χ0n) is 7.70. The molecule has 0 radical (unpaired) electrons. The summed E-state index contributed by atoms with van der Waals surface area (Å²) in [6.45, 7) is 3.48. The zero-order valence-corrected chi connectivity index (χ0v) is 7.70. The molecule has 0 unspecified atom stereocenters. The molecule has 0 fully saturated rings. The predicted molar refractivity (Wildman–Crippen MR) is 51.1 cm³/mol. The van der Waals surface area contributed by atoms with Gasteiger partial charge in [-0.3, -0.25) is 0 Å². The van der Waals surface area contributed by atoms with E-state index in [1.165, 1.54) is 6.42 Å². The normalized spacial score (nSPS) is 11.8. The molecule has 0 aromatic carbocycles. The summed E-state index contributed by atoms with van der Waals surface area (Å²) < 4.78 is 5.20. The Morgan fingerprint density at radius 1 is 1.08 bits per heavy atom. The summed E-state index contributed by atoms with van der Waals surface area (Å²) in [6, 6.07) is 0. The molecule has 0 aliphatic heterocycles. The van der Waals surface area contributed by atoms with Gasteiger partial charge in [0, 0.05) is 0 Å². The third-order valence-corrected chi connectivity index (χ3v) is 1.32. The van der Waals surface area contributed by atoms with E-state index in [0.717, 1.165) is 6.42 Å². The van der Waals surface area contributed by atoms with Crippen molar-refractivity contribution in [3.8, 4) is 0 Å². The van der Waals surface area contributed by atoms with Crippen molar-refractivity contribution in [3.05, 3.63) is 24.3 Å². The Labute approximate surface area is 74.6 Å². The van der Waals surface area contributed by atoms with Gasteiger partial charge in [-0.05, 0) is 6.42 Å². The van der Waals surface area contributed by atoms with Gasteiger partial charge in [0.1, 0.15) is 0 Å². The first-order chi connectivity index (χ1) is 5.91. The molecule has 0 rings (SSSR count). The Balaban J connectivity index is 3.04. The zero-order chi connectivity index (χ0) is 9.07. The van der Waals surface area contributed by atoms with Crippen molar-refractivity contribution in [1.82, 2.24) is 0 Å². The summed E-state index contributed by atoms with van der Waals surface area (Å²) in [4.78, 5) is 0. The van der Waals surface area contributed by atoms with E-state index < -0.39 is 0 Å². The summed E-state index contributed by atoms with van der Waals surface area (Å²) >= 11 is 0. The van der Waals surface area contributed by atoms with Crippen LogP contribution in [-0.4, -0.2) is 24.9 Å². The highest BCUT2D eigenvalue weighted by Crippen LogP contribution is 1.88. The standard InChI is InChI=1S/C10H18O2/c1-2-3-4-6-9-12-10-7-5-8-11/h4-7,11H,2-3,8-10H2,1H3/b6-4-,7-5-. The average Bonchev–Trinajstić information content (AvgIpc) is 2.10. The van der Waals surface area contributed by atoms with E-state index in [1.54, 1.807) is 6.08 Å². The molecular weight excluding hydrogens is 152 g/mol. The molecular formula is C10H18O2. The van der Waals surface area contributed by atoms with Gasteiger partial charge in [-0.1, -0.05) is 37.6 Å². The molecule has 0 saturated carbocycles. The average molecular weight is 170 g/mol. The van der Waals surface area contributed by atoms with Crippen LogP contribution in [0.4, 0.5) is 0 Å². The smallest absolute Gasteiger partial charge is 0.0652 e. The molecule has 2 nitrogen and oxygen atoms in total. The Morgan fingerprint density at radius 2 is 1.75 bits per heavy atom. The molecule has 1 N–H and O–H groups in total. The highest BCUT2D eigenvalue weighted by atomic mass is 16.5. The third-order valence-electron chi connectivity index (χ3n) is 1.32. The lowest BCUT2D eigenvalue weighted by molar-refractivity contribution is 0.193. The van der Waals surface area contributed by atoms with Gasteiger partial charge in [0.2, 0.25) is 0 Å². The largest absolute Gasteiger partial charge is 0.392 e. The summed E-state index contributed by atoms with van der Waals surface area (Å²) in [6.07, 6.45) is 9.94. The Morgan fingerprint density at radius 3 is 2.33 bits per heavy atom. The second-order valence-electron chi connectivity index (χ2n) is 2.45. The van der Waals surface area contributed by atoms with Gasteiger partial charge < -0.3 is 9.84 Å². The lowest BCUT2D eigenvalue weighted by Crippen LogP contribution is -1.90. The van der Waals surface area contributed by atoms with E-state index >= 15 is 0 Å². The van der Waals surface area contributed by atoms with Crippen molar-refractivity contribution in [2.24, 2.45) is 0 Å². The van der Waals surface area contributed by atoms with Crippen LogP contribution in [0.1, 0.15) is 19.8 Å². The third kappa shape index (κ3) is 9.40. The summed E-state index contributed by atoms with van der Waals surface area (Å²) in [5.41, 5.74) is 0. The summed E-state index contributed by atoms with van der Waals surface area (Å²) in [7, 11) is 0. The number of ether oxygens (including phenoxy) is 1. The Kier molecular flexibility index (Phi) is 9.88. The van der Waals surface area contributed by atoms with Crippen LogP contribution >= 0.6 is 0 Å². The van der Waals surface area contributed by atoms with Crippen LogP contribution in [0.25, 0.3) is 0 Å². The number of unbranched alkanes of at least 4 members (excludes halogenated alkanes) is 1. The van der Waals surface area contributed by atoms with Crippen molar-refractivity contribution in [1.29, 1.82) is 0 Å². The molecule has 0 bridgehead atoms. The highest BCUT2D eigenvalue weighted by molar-refractivity contribution is 4.83. The second-order valence-corrected chi connectivity index (χ2v) is 2.45. The van der Waals surface area contributed by atoms with E-state index in [0.29, 0.717) is 13.2 Å². The quantitative estimate of drug-likeness (QED) is 0.467. The minimum Gasteiger partial charge on any atom is -0.392 e. The summed E-state index contributed by atoms with van der Waals surface area (Å²) in [5, 5.41) is 8.38. The maximum Gasteiger partial charge on any atom is 0.0652 e. The minimum atomic E-state index is 0.0923. The van der Waals surface area contributed by atoms with Crippen molar-refractivity contribution in [3.63, 3.8) is 0 Å². The molecule has 70 valence electrons. The molecule has 12 heavy (non-hydrogen) atoms. The molecule has 0 amide bonds. The number of hydrogen-bond acceptors (Lipinski definition) is 2. The fourth-order valence-corrected chi connectivity index (χ4v) is 0.699. The van der Waals surface area contributed by atoms with Gasteiger partial charge in [-0.15, -0.1) is 0 Å². The lowest BCUT2D eigenvalue weighted by Gasteiger charge is -1.93.